The van der Waals surface area contributed by atoms with E-state index in [4.69, 9.17) is 11.5 Å². The summed E-state index contributed by atoms with van der Waals surface area (Å²) in [6.07, 6.45) is 1.05. The van der Waals surface area contributed by atoms with Crippen molar-refractivity contribution in [1.29, 1.82) is 0 Å². The molecule has 4 N–H and O–H groups in total. The van der Waals surface area contributed by atoms with E-state index >= 15 is 0 Å². The highest BCUT2D eigenvalue weighted by molar-refractivity contribution is 5.75. The molecule has 0 aliphatic heterocycles. The Bertz CT molecular complexity index is 310. The smallest absolute Gasteiger partial charge is 0.186 e. The van der Waals surface area contributed by atoms with Crippen LogP contribution in [-0.4, -0.2) is 5.96 Å². The third kappa shape index (κ3) is 2.76. The van der Waals surface area contributed by atoms with Crippen LogP contribution in [0.25, 0.3) is 0 Å². The zero-order chi connectivity index (χ0) is 10.6. The van der Waals surface area contributed by atoms with E-state index in [0.717, 1.165) is 12.0 Å². The summed E-state index contributed by atoms with van der Waals surface area (Å²) >= 11 is 0. The summed E-state index contributed by atoms with van der Waals surface area (Å²) in [5.41, 5.74) is 13.1. The second-order valence-corrected chi connectivity index (χ2v) is 3.33. The van der Waals surface area contributed by atoms with E-state index in [9.17, 15) is 0 Å². The van der Waals surface area contributed by atoms with E-state index < -0.39 is 0 Å². The van der Waals surface area contributed by atoms with Crippen molar-refractivity contribution in [3.63, 3.8) is 0 Å². The van der Waals surface area contributed by atoms with Gasteiger partial charge in [0.1, 0.15) is 0 Å². The van der Waals surface area contributed by atoms with Gasteiger partial charge in [-0.15, -0.1) is 0 Å². The third-order valence-electron chi connectivity index (χ3n) is 2.21. The average Bonchev–Trinajstić information content (AvgIpc) is 2.17. The number of hydrogen-bond donors (Lipinski definition) is 2. The molecule has 0 spiro atoms. The van der Waals surface area contributed by atoms with Gasteiger partial charge in [-0.1, -0.05) is 31.2 Å². The van der Waals surface area contributed by atoms with E-state index in [0.29, 0.717) is 0 Å². The van der Waals surface area contributed by atoms with Crippen molar-refractivity contribution in [3.8, 4) is 0 Å². The fraction of sp³-hybridized carbons (Fsp3) is 0.364. The highest BCUT2D eigenvalue weighted by Crippen LogP contribution is 2.16. The molecule has 0 saturated heterocycles. The molecule has 0 aliphatic rings. The zero-order valence-corrected chi connectivity index (χ0v) is 8.70. The highest BCUT2D eigenvalue weighted by atomic mass is 15.0. The molecule has 3 nitrogen and oxygen atoms in total. The fourth-order valence-electron chi connectivity index (χ4n) is 1.33. The lowest BCUT2D eigenvalue weighted by Crippen LogP contribution is -2.23. The molecule has 0 amide bonds. The van der Waals surface area contributed by atoms with Crippen LogP contribution in [0.15, 0.2) is 29.3 Å². The molecule has 14 heavy (non-hydrogen) atoms. The first kappa shape index (κ1) is 10.6. The van der Waals surface area contributed by atoms with Crippen LogP contribution < -0.4 is 11.5 Å². The molecule has 1 aromatic rings. The maximum atomic E-state index is 5.31. The van der Waals surface area contributed by atoms with Crippen LogP contribution >= 0.6 is 0 Å². The van der Waals surface area contributed by atoms with Crippen LogP contribution in [-0.2, 0) is 6.42 Å². The van der Waals surface area contributed by atoms with Crippen LogP contribution in [0.2, 0.25) is 0 Å². The normalized spacial score (nSPS) is 12.1. The van der Waals surface area contributed by atoms with Gasteiger partial charge < -0.3 is 11.5 Å². The number of benzene rings is 1. The Morgan fingerprint density at radius 2 is 1.86 bits per heavy atom. The Labute approximate surface area is 84.8 Å². The van der Waals surface area contributed by atoms with E-state index in [1.165, 1.54) is 5.56 Å². The number of nitrogens with two attached hydrogens (primary N) is 2. The van der Waals surface area contributed by atoms with Crippen LogP contribution in [0, 0.1) is 0 Å². The quantitative estimate of drug-likeness (QED) is 0.563. The number of guanidine groups is 1. The van der Waals surface area contributed by atoms with Crippen LogP contribution in [0.3, 0.4) is 0 Å². The summed E-state index contributed by atoms with van der Waals surface area (Å²) in [6, 6.07) is 8.37. The molecular weight excluding hydrogens is 174 g/mol. The summed E-state index contributed by atoms with van der Waals surface area (Å²) < 4.78 is 0. The number of aryl methyl sites for hydroxylation is 1. The summed E-state index contributed by atoms with van der Waals surface area (Å²) in [5.74, 6) is 0.136. The molecule has 1 atom stereocenters. The lowest BCUT2D eigenvalue weighted by atomic mass is 10.1. The molecule has 0 unspecified atom stereocenters. The fourth-order valence-corrected chi connectivity index (χ4v) is 1.33. The summed E-state index contributed by atoms with van der Waals surface area (Å²) in [7, 11) is 0. The average molecular weight is 191 g/mol. The molecule has 0 fully saturated rings. The molecular formula is C11H17N3. The van der Waals surface area contributed by atoms with Gasteiger partial charge in [0, 0.05) is 0 Å². The standard InChI is InChI=1S/C11H17N3/c1-3-9-4-6-10(7-5-9)8(2)14-11(12)13/h4-8H,3H2,1-2H3,(H4,12,13,14)/t8-/m0/s1. The van der Waals surface area contributed by atoms with Crippen LogP contribution in [0.1, 0.15) is 31.0 Å². The minimum atomic E-state index is 0.0332. The molecule has 0 bridgehead atoms. The Morgan fingerprint density at radius 3 is 2.29 bits per heavy atom. The van der Waals surface area contributed by atoms with Crippen molar-refractivity contribution in [3.05, 3.63) is 35.4 Å². The van der Waals surface area contributed by atoms with Crippen molar-refractivity contribution in [2.45, 2.75) is 26.3 Å². The van der Waals surface area contributed by atoms with Gasteiger partial charge >= 0.3 is 0 Å². The molecule has 1 rings (SSSR count). The molecule has 1 aromatic carbocycles. The SMILES string of the molecule is CCc1ccc([C@H](C)N=C(N)N)cc1. The maximum absolute atomic E-state index is 5.31. The van der Waals surface area contributed by atoms with Crippen LogP contribution in [0.5, 0.6) is 0 Å². The van der Waals surface area contributed by atoms with E-state index in [-0.39, 0.29) is 12.0 Å². The minimum Gasteiger partial charge on any atom is -0.370 e. The molecule has 0 aliphatic carbocycles. The number of hydrogen-bond acceptors (Lipinski definition) is 1. The molecule has 76 valence electrons. The summed E-state index contributed by atoms with van der Waals surface area (Å²) in [5, 5.41) is 0. The second-order valence-electron chi connectivity index (χ2n) is 3.33. The van der Waals surface area contributed by atoms with Gasteiger partial charge in [-0.05, 0) is 24.5 Å². The van der Waals surface area contributed by atoms with Gasteiger partial charge in [-0.3, -0.25) is 0 Å². The van der Waals surface area contributed by atoms with Gasteiger partial charge in [-0.2, -0.15) is 0 Å². The summed E-state index contributed by atoms with van der Waals surface area (Å²) in [4.78, 5) is 4.08. The van der Waals surface area contributed by atoms with Gasteiger partial charge in [0.15, 0.2) is 5.96 Å². The van der Waals surface area contributed by atoms with E-state index in [2.05, 4.69) is 36.2 Å². The first-order valence-electron chi connectivity index (χ1n) is 4.81. The van der Waals surface area contributed by atoms with E-state index in [1.807, 2.05) is 6.92 Å². The van der Waals surface area contributed by atoms with Gasteiger partial charge in [-0.25, -0.2) is 4.99 Å². The first-order valence-corrected chi connectivity index (χ1v) is 4.81. The van der Waals surface area contributed by atoms with Crippen molar-refractivity contribution >= 4 is 5.96 Å². The largest absolute Gasteiger partial charge is 0.370 e. The predicted molar refractivity (Wildman–Crippen MR) is 60.0 cm³/mol. The molecule has 0 saturated carbocycles. The number of aliphatic imine (C=N–C) groups is 1. The third-order valence-corrected chi connectivity index (χ3v) is 2.21. The number of nitrogens with zero attached hydrogens (tertiary/aromatic N) is 1. The Morgan fingerprint density at radius 1 is 1.29 bits per heavy atom. The topological polar surface area (TPSA) is 64.4 Å². The Kier molecular flexibility index (Phi) is 3.51. The van der Waals surface area contributed by atoms with E-state index in [1.54, 1.807) is 0 Å². The molecule has 0 radical (unpaired) electrons. The lowest BCUT2D eigenvalue weighted by molar-refractivity contribution is 0.814. The molecule has 0 aromatic heterocycles. The maximum Gasteiger partial charge on any atom is 0.186 e. The van der Waals surface area contributed by atoms with Crippen LogP contribution in [0.4, 0.5) is 0 Å². The molecule has 0 heterocycles. The minimum absolute atomic E-state index is 0.0332. The molecule has 3 heteroatoms. The Hall–Kier alpha value is -1.51. The van der Waals surface area contributed by atoms with Gasteiger partial charge in [0.2, 0.25) is 0 Å². The van der Waals surface area contributed by atoms with Crippen molar-refractivity contribution < 1.29 is 0 Å². The van der Waals surface area contributed by atoms with Gasteiger partial charge in [0.25, 0.3) is 0 Å². The lowest BCUT2D eigenvalue weighted by Gasteiger charge is -2.07. The summed E-state index contributed by atoms with van der Waals surface area (Å²) in [6.45, 7) is 4.11. The highest BCUT2D eigenvalue weighted by Gasteiger charge is 2.02. The van der Waals surface area contributed by atoms with Crippen molar-refractivity contribution in [1.82, 2.24) is 0 Å². The zero-order valence-electron chi connectivity index (χ0n) is 8.70. The second kappa shape index (κ2) is 4.65. The van der Waals surface area contributed by atoms with Crippen molar-refractivity contribution in [2.75, 3.05) is 0 Å². The predicted octanol–water partition coefficient (Wildman–Crippen LogP) is 1.58. The van der Waals surface area contributed by atoms with Gasteiger partial charge in [0.05, 0.1) is 6.04 Å². The monoisotopic (exact) mass is 191 g/mol. The first-order chi connectivity index (χ1) is 6.63. The number of rotatable bonds is 3. The van der Waals surface area contributed by atoms with Crippen molar-refractivity contribution in [2.24, 2.45) is 16.5 Å². The Balaban J connectivity index is 2.81.